The molecule has 0 amide bonds. The molecule has 0 aliphatic heterocycles. The summed E-state index contributed by atoms with van der Waals surface area (Å²) in [6.07, 6.45) is 0. The fourth-order valence-corrected chi connectivity index (χ4v) is 1.69. The normalized spacial score (nSPS) is 10.3. The average Bonchev–Trinajstić information content (AvgIpc) is 2.72. The van der Waals surface area contributed by atoms with Gasteiger partial charge in [-0.15, -0.1) is 0 Å². The van der Waals surface area contributed by atoms with E-state index in [-0.39, 0.29) is 5.78 Å². The summed E-state index contributed by atoms with van der Waals surface area (Å²) >= 11 is 0. The number of benzene rings is 1. The molecule has 2 rings (SSSR count). The summed E-state index contributed by atoms with van der Waals surface area (Å²) in [6, 6.07) is 9.46. The molecule has 0 fully saturated rings. The predicted molar refractivity (Wildman–Crippen MR) is 65.2 cm³/mol. The SMILES string of the molecule is COc1cccc(-c2cc(C(C)=O)nn2C)c1. The van der Waals surface area contributed by atoms with E-state index in [2.05, 4.69) is 5.10 Å². The van der Waals surface area contributed by atoms with E-state index >= 15 is 0 Å². The van der Waals surface area contributed by atoms with Crippen molar-refractivity contribution >= 4 is 5.78 Å². The van der Waals surface area contributed by atoms with Crippen LogP contribution >= 0.6 is 0 Å². The molecule has 4 heteroatoms. The van der Waals surface area contributed by atoms with E-state index in [1.807, 2.05) is 31.3 Å². The lowest BCUT2D eigenvalue weighted by Crippen LogP contribution is -1.97. The van der Waals surface area contributed by atoms with E-state index in [9.17, 15) is 4.79 Å². The summed E-state index contributed by atoms with van der Waals surface area (Å²) in [5.41, 5.74) is 2.35. The number of Topliss-reactive ketones (excluding diaryl/α,β-unsaturated/α-hetero) is 1. The highest BCUT2D eigenvalue weighted by Gasteiger charge is 2.10. The van der Waals surface area contributed by atoms with E-state index in [0.29, 0.717) is 5.69 Å². The second kappa shape index (κ2) is 4.41. The zero-order chi connectivity index (χ0) is 12.4. The van der Waals surface area contributed by atoms with E-state index in [1.54, 1.807) is 17.9 Å². The van der Waals surface area contributed by atoms with Crippen LogP contribution in [0.25, 0.3) is 11.3 Å². The Morgan fingerprint density at radius 2 is 2.12 bits per heavy atom. The Balaban J connectivity index is 2.48. The van der Waals surface area contributed by atoms with Gasteiger partial charge in [0.15, 0.2) is 5.78 Å². The molecule has 4 nitrogen and oxygen atoms in total. The third kappa shape index (κ3) is 2.20. The summed E-state index contributed by atoms with van der Waals surface area (Å²) in [7, 11) is 3.45. The van der Waals surface area contributed by atoms with Crippen LogP contribution in [0, 0.1) is 0 Å². The van der Waals surface area contributed by atoms with Gasteiger partial charge in [-0.3, -0.25) is 9.48 Å². The minimum absolute atomic E-state index is 0.0326. The number of ether oxygens (including phenoxy) is 1. The molecular weight excluding hydrogens is 216 g/mol. The van der Waals surface area contributed by atoms with Crippen LogP contribution in [0.2, 0.25) is 0 Å². The molecule has 1 heterocycles. The van der Waals surface area contributed by atoms with Gasteiger partial charge in [0.1, 0.15) is 11.4 Å². The maximum absolute atomic E-state index is 11.3. The molecule has 0 spiro atoms. The van der Waals surface area contributed by atoms with Gasteiger partial charge in [0.05, 0.1) is 12.8 Å². The zero-order valence-corrected chi connectivity index (χ0v) is 10.1. The van der Waals surface area contributed by atoms with Crippen LogP contribution in [-0.4, -0.2) is 22.7 Å². The number of aryl methyl sites for hydroxylation is 1. The third-order valence-electron chi connectivity index (χ3n) is 2.61. The smallest absolute Gasteiger partial charge is 0.180 e. The molecule has 88 valence electrons. The van der Waals surface area contributed by atoms with Crippen molar-refractivity contribution in [2.24, 2.45) is 7.05 Å². The van der Waals surface area contributed by atoms with Crippen LogP contribution in [-0.2, 0) is 7.05 Å². The molecule has 17 heavy (non-hydrogen) atoms. The fraction of sp³-hybridized carbons (Fsp3) is 0.231. The summed E-state index contributed by atoms with van der Waals surface area (Å²) < 4.78 is 6.87. The molecule has 1 aromatic carbocycles. The van der Waals surface area contributed by atoms with Crippen molar-refractivity contribution in [2.75, 3.05) is 7.11 Å². The lowest BCUT2D eigenvalue weighted by molar-refractivity contribution is 0.101. The number of hydrogen-bond acceptors (Lipinski definition) is 3. The van der Waals surface area contributed by atoms with Crippen LogP contribution in [0.1, 0.15) is 17.4 Å². The van der Waals surface area contributed by atoms with Gasteiger partial charge >= 0.3 is 0 Å². The van der Waals surface area contributed by atoms with Gasteiger partial charge in [-0.1, -0.05) is 12.1 Å². The lowest BCUT2D eigenvalue weighted by Gasteiger charge is -2.04. The number of ketones is 1. The Morgan fingerprint density at radius 3 is 2.71 bits per heavy atom. The highest BCUT2D eigenvalue weighted by atomic mass is 16.5. The third-order valence-corrected chi connectivity index (χ3v) is 2.61. The number of hydrogen-bond donors (Lipinski definition) is 0. The second-order valence-corrected chi connectivity index (χ2v) is 3.83. The average molecular weight is 230 g/mol. The number of carbonyl (C=O) groups excluding carboxylic acids is 1. The summed E-state index contributed by atoms with van der Waals surface area (Å²) in [6.45, 7) is 1.51. The number of carbonyl (C=O) groups is 1. The minimum Gasteiger partial charge on any atom is -0.497 e. The van der Waals surface area contributed by atoms with Crippen molar-refractivity contribution in [3.8, 4) is 17.0 Å². The van der Waals surface area contributed by atoms with Gasteiger partial charge in [0.25, 0.3) is 0 Å². The quantitative estimate of drug-likeness (QED) is 0.760. The van der Waals surface area contributed by atoms with Gasteiger partial charge in [-0.05, 0) is 18.2 Å². The zero-order valence-electron chi connectivity index (χ0n) is 10.1. The molecule has 0 unspecified atom stereocenters. The molecule has 0 aliphatic carbocycles. The molecule has 0 aliphatic rings. The first kappa shape index (κ1) is 11.4. The van der Waals surface area contributed by atoms with Crippen LogP contribution < -0.4 is 4.74 Å². The molecule has 2 aromatic rings. The number of nitrogens with zero attached hydrogens (tertiary/aromatic N) is 2. The Labute approximate surface area is 99.8 Å². The standard InChI is InChI=1S/C13H14N2O2/c1-9(16)12-8-13(15(2)14-12)10-5-4-6-11(7-10)17-3/h4-8H,1-3H3. The number of aromatic nitrogens is 2. The van der Waals surface area contributed by atoms with Gasteiger partial charge in [0, 0.05) is 19.5 Å². The fourth-order valence-electron chi connectivity index (χ4n) is 1.69. The lowest BCUT2D eigenvalue weighted by atomic mass is 10.1. The number of methoxy groups -OCH3 is 1. The highest BCUT2D eigenvalue weighted by molar-refractivity contribution is 5.93. The molecular formula is C13H14N2O2. The Kier molecular flexibility index (Phi) is 2.95. The first-order valence-electron chi connectivity index (χ1n) is 5.31. The highest BCUT2D eigenvalue weighted by Crippen LogP contribution is 2.24. The van der Waals surface area contributed by atoms with Crippen molar-refractivity contribution in [3.05, 3.63) is 36.0 Å². The second-order valence-electron chi connectivity index (χ2n) is 3.83. The topological polar surface area (TPSA) is 44.1 Å². The summed E-state index contributed by atoms with van der Waals surface area (Å²) in [5.74, 6) is 0.753. The van der Waals surface area contributed by atoms with Gasteiger partial charge in [-0.2, -0.15) is 5.10 Å². The van der Waals surface area contributed by atoms with E-state index < -0.39 is 0 Å². The van der Waals surface area contributed by atoms with Crippen LogP contribution in [0.5, 0.6) is 5.75 Å². The minimum atomic E-state index is -0.0326. The molecule has 0 atom stereocenters. The van der Waals surface area contributed by atoms with E-state index in [1.165, 1.54) is 6.92 Å². The molecule has 0 N–H and O–H groups in total. The summed E-state index contributed by atoms with van der Waals surface area (Å²) in [4.78, 5) is 11.3. The van der Waals surface area contributed by atoms with E-state index in [4.69, 9.17) is 4.74 Å². The van der Waals surface area contributed by atoms with Gasteiger partial charge in [-0.25, -0.2) is 0 Å². The largest absolute Gasteiger partial charge is 0.497 e. The maximum atomic E-state index is 11.3. The Hall–Kier alpha value is -2.10. The Morgan fingerprint density at radius 1 is 1.35 bits per heavy atom. The van der Waals surface area contributed by atoms with Crippen LogP contribution in [0.4, 0.5) is 0 Å². The first-order valence-corrected chi connectivity index (χ1v) is 5.31. The monoisotopic (exact) mass is 230 g/mol. The van der Waals surface area contributed by atoms with Crippen molar-refractivity contribution in [1.29, 1.82) is 0 Å². The molecule has 0 saturated heterocycles. The number of rotatable bonds is 3. The first-order chi connectivity index (χ1) is 8.11. The van der Waals surface area contributed by atoms with Crippen LogP contribution in [0.15, 0.2) is 30.3 Å². The maximum Gasteiger partial charge on any atom is 0.180 e. The predicted octanol–water partition coefficient (Wildman–Crippen LogP) is 2.30. The molecule has 0 bridgehead atoms. The Bertz CT molecular complexity index is 558. The molecule has 0 radical (unpaired) electrons. The molecule has 0 saturated carbocycles. The van der Waals surface area contributed by atoms with Crippen LogP contribution in [0.3, 0.4) is 0 Å². The van der Waals surface area contributed by atoms with E-state index in [0.717, 1.165) is 17.0 Å². The van der Waals surface area contributed by atoms with Gasteiger partial charge < -0.3 is 4.74 Å². The summed E-state index contributed by atoms with van der Waals surface area (Å²) in [5, 5.41) is 4.17. The molecule has 1 aromatic heterocycles. The van der Waals surface area contributed by atoms with Crippen molar-refractivity contribution in [2.45, 2.75) is 6.92 Å². The van der Waals surface area contributed by atoms with Crippen molar-refractivity contribution < 1.29 is 9.53 Å². The van der Waals surface area contributed by atoms with Gasteiger partial charge in [0.2, 0.25) is 0 Å². The van der Waals surface area contributed by atoms with Crippen molar-refractivity contribution in [1.82, 2.24) is 9.78 Å². The van der Waals surface area contributed by atoms with Crippen molar-refractivity contribution in [3.63, 3.8) is 0 Å².